The van der Waals surface area contributed by atoms with Crippen LogP contribution in [0.2, 0.25) is 0 Å². The number of rotatable bonds is 3. The first kappa shape index (κ1) is 13.7. The summed E-state index contributed by atoms with van der Waals surface area (Å²) in [6.07, 6.45) is 6.43. The van der Waals surface area contributed by atoms with Crippen molar-refractivity contribution >= 4 is 11.5 Å². The minimum Gasteiger partial charge on any atom is -0.437 e. The van der Waals surface area contributed by atoms with Gasteiger partial charge in [-0.25, -0.2) is 4.98 Å². The highest BCUT2D eigenvalue weighted by molar-refractivity contribution is 5.68. The van der Waals surface area contributed by atoms with E-state index >= 15 is 0 Å². The fourth-order valence-electron chi connectivity index (χ4n) is 2.59. The molecule has 1 aromatic heterocycles. The Morgan fingerprint density at radius 1 is 0.952 bits per heavy atom. The van der Waals surface area contributed by atoms with Crippen molar-refractivity contribution in [3.05, 3.63) is 36.7 Å². The van der Waals surface area contributed by atoms with Crippen molar-refractivity contribution in [1.29, 1.82) is 0 Å². The van der Waals surface area contributed by atoms with Crippen LogP contribution in [0.15, 0.2) is 36.7 Å². The first-order valence-electron chi connectivity index (χ1n) is 7.43. The lowest BCUT2D eigenvalue weighted by Gasteiger charge is -2.23. The SMILES string of the molecule is Nc1c(Oc2ccccc2)ncnc1N1CCCCCC1. The van der Waals surface area contributed by atoms with Crippen LogP contribution in [0.5, 0.6) is 11.6 Å². The van der Waals surface area contributed by atoms with Crippen LogP contribution in [-0.4, -0.2) is 23.1 Å². The van der Waals surface area contributed by atoms with E-state index in [0.29, 0.717) is 11.6 Å². The van der Waals surface area contributed by atoms with E-state index in [2.05, 4.69) is 14.9 Å². The minimum absolute atomic E-state index is 0.426. The van der Waals surface area contributed by atoms with Gasteiger partial charge < -0.3 is 15.4 Å². The van der Waals surface area contributed by atoms with E-state index in [0.717, 1.165) is 24.7 Å². The molecule has 1 fully saturated rings. The molecule has 1 aliphatic rings. The zero-order chi connectivity index (χ0) is 14.5. The van der Waals surface area contributed by atoms with Crippen molar-refractivity contribution < 1.29 is 4.74 Å². The molecule has 2 heterocycles. The highest BCUT2D eigenvalue weighted by atomic mass is 16.5. The molecule has 0 atom stereocenters. The summed E-state index contributed by atoms with van der Waals surface area (Å²) in [5.74, 6) is 1.94. The van der Waals surface area contributed by atoms with Gasteiger partial charge in [-0.15, -0.1) is 0 Å². The number of nitrogens with zero attached hydrogens (tertiary/aromatic N) is 3. The Morgan fingerprint density at radius 2 is 1.67 bits per heavy atom. The van der Waals surface area contributed by atoms with Crippen LogP contribution >= 0.6 is 0 Å². The number of nitrogen functional groups attached to an aromatic ring is 1. The van der Waals surface area contributed by atoms with Gasteiger partial charge in [-0.2, -0.15) is 4.98 Å². The summed E-state index contributed by atoms with van der Waals surface area (Å²) in [5, 5.41) is 0. The number of benzene rings is 1. The molecule has 3 rings (SSSR count). The third-order valence-corrected chi connectivity index (χ3v) is 3.69. The maximum absolute atomic E-state index is 6.22. The van der Waals surface area contributed by atoms with Crippen LogP contribution in [0.25, 0.3) is 0 Å². The number of aromatic nitrogens is 2. The highest BCUT2D eigenvalue weighted by Gasteiger charge is 2.17. The summed E-state index contributed by atoms with van der Waals surface area (Å²) < 4.78 is 5.77. The second-order valence-electron chi connectivity index (χ2n) is 5.23. The van der Waals surface area contributed by atoms with E-state index < -0.39 is 0 Å². The Balaban J connectivity index is 1.84. The Morgan fingerprint density at radius 3 is 2.38 bits per heavy atom. The van der Waals surface area contributed by atoms with Crippen LogP contribution in [-0.2, 0) is 0 Å². The molecule has 0 bridgehead atoms. The average Bonchev–Trinajstić information content (AvgIpc) is 2.80. The summed E-state index contributed by atoms with van der Waals surface area (Å²) >= 11 is 0. The predicted octanol–water partition coefficient (Wildman–Crippen LogP) is 3.23. The summed E-state index contributed by atoms with van der Waals surface area (Å²) in [5.41, 5.74) is 6.74. The van der Waals surface area contributed by atoms with Crippen LogP contribution in [0.3, 0.4) is 0 Å². The van der Waals surface area contributed by atoms with Crippen molar-refractivity contribution in [2.45, 2.75) is 25.7 Å². The lowest BCUT2D eigenvalue weighted by atomic mass is 10.2. The van der Waals surface area contributed by atoms with E-state index in [-0.39, 0.29) is 0 Å². The maximum Gasteiger partial charge on any atom is 0.248 e. The van der Waals surface area contributed by atoms with E-state index in [1.165, 1.54) is 32.0 Å². The topological polar surface area (TPSA) is 64.3 Å². The Hall–Kier alpha value is -2.30. The molecule has 5 nitrogen and oxygen atoms in total. The average molecular weight is 284 g/mol. The Labute approximate surface area is 124 Å². The minimum atomic E-state index is 0.426. The second kappa shape index (κ2) is 6.43. The first-order valence-corrected chi connectivity index (χ1v) is 7.43. The molecule has 2 aromatic rings. The highest BCUT2D eigenvalue weighted by Crippen LogP contribution is 2.32. The molecule has 2 N–H and O–H groups in total. The zero-order valence-corrected chi connectivity index (χ0v) is 12.0. The molecule has 0 saturated carbocycles. The molecule has 0 spiro atoms. The third-order valence-electron chi connectivity index (χ3n) is 3.69. The molecule has 0 unspecified atom stereocenters. The normalized spacial score (nSPS) is 15.5. The summed E-state index contributed by atoms with van der Waals surface area (Å²) in [6, 6.07) is 9.55. The standard InChI is InChI=1S/C16H20N4O/c17-14-15(20-10-6-1-2-7-11-20)18-12-19-16(14)21-13-8-4-3-5-9-13/h3-5,8-9,12H,1-2,6-7,10-11,17H2. The second-order valence-corrected chi connectivity index (χ2v) is 5.23. The zero-order valence-electron chi connectivity index (χ0n) is 12.0. The van der Waals surface area contributed by atoms with Gasteiger partial charge in [0.2, 0.25) is 5.88 Å². The summed E-state index contributed by atoms with van der Waals surface area (Å²) in [7, 11) is 0. The van der Waals surface area contributed by atoms with Gasteiger partial charge in [0, 0.05) is 13.1 Å². The number of para-hydroxylation sites is 1. The van der Waals surface area contributed by atoms with E-state index in [9.17, 15) is 0 Å². The van der Waals surface area contributed by atoms with E-state index in [1.807, 2.05) is 30.3 Å². The molecule has 110 valence electrons. The van der Waals surface area contributed by atoms with Gasteiger partial charge >= 0.3 is 0 Å². The van der Waals surface area contributed by atoms with Crippen molar-refractivity contribution in [3.8, 4) is 11.6 Å². The summed E-state index contributed by atoms with van der Waals surface area (Å²) in [6.45, 7) is 1.98. The number of hydrogen-bond acceptors (Lipinski definition) is 5. The van der Waals surface area contributed by atoms with Gasteiger partial charge in [0.05, 0.1) is 0 Å². The Bertz CT molecular complexity index is 580. The molecular formula is C16H20N4O. The predicted molar refractivity (Wildman–Crippen MR) is 83.6 cm³/mol. The molecule has 0 radical (unpaired) electrons. The molecule has 21 heavy (non-hydrogen) atoms. The van der Waals surface area contributed by atoms with E-state index in [4.69, 9.17) is 10.5 Å². The molecule has 1 aliphatic heterocycles. The van der Waals surface area contributed by atoms with Crippen LogP contribution in [0, 0.1) is 0 Å². The van der Waals surface area contributed by atoms with Gasteiger partial charge in [-0.1, -0.05) is 31.0 Å². The van der Waals surface area contributed by atoms with Crippen molar-refractivity contribution in [2.24, 2.45) is 0 Å². The molecule has 5 heteroatoms. The number of hydrogen-bond donors (Lipinski definition) is 1. The lowest BCUT2D eigenvalue weighted by Crippen LogP contribution is -2.26. The first-order chi connectivity index (χ1) is 10.3. The van der Waals surface area contributed by atoms with Crippen LogP contribution < -0.4 is 15.4 Å². The lowest BCUT2D eigenvalue weighted by molar-refractivity contribution is 0.464. The van der Waals surface area contributed by atoms with Crippen molar-refractivity contribution in [2.75, 3.05) is 23.7 Å². The fourth-order valence-corrected chi connectivity index (χ4v) is 2.59. The van der Waals surface area contributed by atoms with Gasteiger partial charge in [0.25, 0.3) is 0 Å². The summed E-state index contributed by atoms with van der Waals surface area (Å²) in [4.78, 5) is 10.8. The van der Waals surface area contributed by atoms with E-state index in [1.54, 1.807) is 0 Å². The number of ether oxygens (including phenoxy) is 1. The Kier molecular flexibility index (Phi) is 4.19. The molecule has 1 aromatic carbocycles. The molecule has 0 amide bonds. The monoisotopic (exact) mass is 284 g/mol. The van der Waals surface area contributed by atoms with Gasteiger partial charge in [0.1, 0.15) is 17.8 Å². The third kappa shape index (κ3) is 3.24. The smallest absolute Gasteiger partial charge is 0.248 e. The maximum atomic E-state index is 6.22. The largest absolute Gasteiger partial charge is 0.437 e. The molecule has 1 saturated heterocycles. The van der Waals surface area contributed by atoms with Crippen LogP contribution in [0.1, 0.15) is 25.7 Å². The van der Waals surface area contributed by atoms with Gasteiger partial charge in [0.15, 0.2) is 5.82 Å². The molecular weight excluding hydrogens is 264 g/mol. The van der Waals surface area contributed by atoms with Crippen molar-refractivity contribution in [1.82, 2.24) is 9.97 Å². The van der Waals surface area contributed by atoms with Crippen molar-refractivity contribution in [3.63, 3.8) is 0 Å². The fraction of sp³-hybridized carbons (Fsp3) is 0.375. The number of nitrogens with two attached hydrogens (primary N) is 1. The van der Waals surface area contributed by atoms with Crippen LogP contribution in [0.4, 0.5) is 11.5 Å². The quantitative estimate of drug-likeness (QED) is 0.937. The number of anilines is 2. The van der Waals surface area contributed by atoms with Gasteiger partial charge in [-0.3, -0.25) is 0 Å². The molecule has 0 aliphatic carbocycles. The van der Waals surface area contributed by atoms with Gasteiger partial charge in [-0.05, 0) is 25.0 Å².